The molecular formula is C13H26N2O. The van der Waals surface area contributed by atoms with E-state index in [2.05, 4.69) is 19.2 Å². The van der Waals surface area contributed by atoms with Crippen LogP contribution >= 0.6 is 0 Å². The van der Waals surface area contributed by atoms with Crippen molar-refractivity contribution in [3.63, 3.8) is 0 Å². The zero-order valence-corrected chi connectivity index (χ0v) is 11.0. The Morgan fingerprint density at radius 1 is 1.44 bits per heavy atom. The van der Waals surface area contributed by atoms with E-state index in [-0.39, 0.29) is 5.91 Å². The van der Waals surface area contributed by atoms with Gasteiger partial charge in [0.1, 0.15) is 0 Å². The zero-order valence-electron chi connectivity index (χ0n) is 11.0. The lowest BCUT2D eigenvalue weighted by atomic mass is 9.86. The molecular weight excluding hydrogens is 200 g/mol. The lowest BCUT2D eigenvalue weighted by Gasteiger charge is -2.34. The third-order valence-corrected chi connectivity index (χ3v) is 3.55. The van der Waals surface area contributed by atoms with Crippen LogP contribution in [0.5, 0.6) is 0 Å². The van der Waals surface area contributed by atoms with Crippen LogP contribution < -0.4 is 5.32 Å². The summed E-state index contributed by atoms with van der Waals surface area (Å²) in [6, 6.07) is 0.472. The predicted octanol–water partition coefficient (Wildman–Crippen LogP) is 2.02. The fraction of sp³-hybridized carbons (Fsp3) is 0.923. The Morgan fingerprint density at radius 3 is 2.81 bits per heavy atom. The predicted molar refractivity (Wildman–Crippen MR) is 67.4 cm³/mol. The number of carbonyl (C=O) groups is 1. The van der Waals surface area contributed by atoms with Crippen LogP contribution in [0.1, 0.15) is 46.0 Å². The van der Waals surface area contributed by atoms with Gasteiger partial charge in [0, 0.05) is 13.1 Å². The molecule has 2 atom stereocenters. The number of rotatable bonds is 5. The number of nitrogens with zero attached hydrogens (tertiary/aromatic N) is 1. The van der Waals surface area contributed by atoms with E-state index in [0.29, 0.717) is 12.6 Å². The molecule has 1 fully saturated rings. The van der Waals surface area contributed by atoms with E-state index in [1.54, 1.807) is 0 Å². The van der Waals surface area contributed by atoms with Gasteiger partial charge < -0.3 is 10.2 Å². The van der Waals surface area contributed by atoms with Crippen molar-refractivity contribution in [2.75, 3.05) is 20.1 Å². The summed E-state index contributed by atoms with van der Waals surface area (Å²) in [7, 11) is 1.96. The van der Waals surface area contributed by atoms with Gasteiger partial charge in [-0.25, -0.2) is 0 Å². The number of carbonyl (C=O) groups excluding carboxylic acids is 1. The molecule has 2 unspecified atom stereocenters. The number of hydrogen-bond acceptors (Lipinski definition) is 2. The Hall–Kier alpha value is -0.570. The van der Waals surface area contributed by atoms with Crippen molar-refractivity contribution in [3.8, 4) is 0 Å². The average molecular weight is 226 g/mol. The fourth-order valence-corrected chi connectivity index (χ4v) is 2.45. The van der Waals surface area contributed by atoms with E-state index in [1.807, 2.05) is 11.9 Å². The number of amides is 1. The number of hydrogen-bond donors (Lipinski definition) is 1. The SMILES string of the molecule is CCCNCC(=O)N(C)C1CCCC(C)C1. The van der Waals surface area contributed by atoms with Gasteiger partial charge in [0.2, 0.25) is 5.91 Å². The molecule has 3 nitrogen and oxygen atoms in total. The van der Waals surface area contributed by atoms with E-state index >= 15 is 0 Å². The molecule has 0 aromatic rings. The minimum absolute atomic E-state index is 0.243. The monoisotopic (exact) mass is 226 g/mol. The Labute approximate surface area is 99.6 Å². The van der Waals surface area contributed by atoms with Crippen molar-refractivity contribution in [3.05, 3.63) is 0 Å². The lowest BCUT2D eigenvalue weighted by Crippen LogP contribution is -2.43. The van der Waals surface area contributed by atoms with Crippen LogP contribution in [0.3, 0.4) is 0 Å². The highest BCUT2D eigenvalue weighted by Gasteiger charge is 2.24. The van der Waals surface area contributed by atoms with Crippen LogP contribution in [0.15, 0.2) is 0 Å². The minimum atomic E-state index is 0.243. The van der Waals surface area contributed by atoms with Gasteiger partial charge in [-0.05, 0) is 31.7 Å². The molecule has 0 spiro atoms. The molecule has 0 saturated heterocycles. The molecule has 1 aliphatic rings. The first kappa shape index (κ1) is 13.5. The highest BCUT2D eigenvalue weighted by molar-refractivity contribution is 5.78. The molecule has 16 heavy (non-hydrogen) atoms. The zero-order chi connectivity index (χ0) is 12.0. The fourth-order valence-electron chi connectivity index (χ4n) is 2.45. The molecule has 1 rings (SSSR count). The Morgan fingerprint density at radius 2 is 2.19 bits per heavy atom. The smallest absolute Gasteiger partial charge is 0.236 e. The van der Waals surface area contributed by atoms with Crippen molar-refractivity contribution < 1.29 is 4.79 Å². The Kier molecular flexibility index (Phi) is 5.81. The van der Waals surface area contributed by atoms with Crippen LogP contribution in [0.2, 0.25) is 0 Å². The molecule has 94 valence electrons. The van der Waals surface area contributed by atoms with Gasteiger partial charge in [0.15, 0.2) is 0 Å². The van der Waals surface area contributed by atoms with Crippen molar-refractivity contribution >= 4 is 5.91 Å². The molecule has 1 amide bonds. The normalized spacial score (nSPS) is 25.4. The topological polar surface area (TPSA) is 32.3 Å². The quantitative estimate of drug-likeness (QED) is 0.727. The largest absolute Gasteiger partial charge is 0.342 e. The summed E-state index contributed by atoms with van der Waals surface area (Å²) >= 11 is 0. The standard InChI is InChI=1S/C13H26N2O/c1-4-8-14-10-13(16)15(3)12-7-5-6-11(2)9-12/h11-12,14H,4-10H2,1-3H3. The molecule has 0 aromatic heterocycles. The van der Waals surface area contributed by atoms with Gasteiger partial charge in [0.25, 0.3) is 0 Å². The summed E-state index contributed by atoms with van der Waals surface area (Å²) in [5, 5.41) is 3.17. The second-order valence-corrected chi connectivity index (χ2v) is 5.11. The highest BCUT2D eigenvalue weighted by Crippen LogP contribution is 2.26. The van der Waals surface area contributed by atoms with Gasteiger partial charge in [-0.1, -0.05) is 26.7 Å². The van der Waals surface area contributed by atoms with Crippen LogP contribution in [0.4, 0.5) is 0 Å². The van der Waals surface area contributed by atoms with Crippen molar-refractivity contribution in [1.82, 2.24) is 10.2 Å². The molecule has 0 radical (unpaired) electrons. The molecule has 1 saturated carbocycles. The van der Waals surface area contributed by atoms with Crippen molar-refractivity contribution in [2.45, 2.75) is 52.0 Å². The first-order chi connectivity index (χ1) is 7.65. The van der Waals surface area contributed by atoms with Crippen molar-refractivity contribution in [2.24, 2.45) is 5.92 Å². The van der Waals surface area contributed by atoms with E-state index in [0.717, 1.165) is 18.9 Å². The summed E-state index contributed by atoms with van der Waals surface area (Å²) in [5.74, 6) is 1.02. The lowest BCUT2D eigenvalue weighted by molar-refractivity contribution is -0.131. The third-order valence-electron chi connectivity index (χ3n) is 3.55. The third kappa shape index (κ3) is 4.12. The Bertz CT molecular complexity index is 218. The van der Waals surface area contributed by atoms with Gasteiger partial charge in [-0.2, -0.15) is 0 Å². The first-order valence-corrected chi connectivity index (χ1v) is 6.61. The van der Waals surface area contributed by atoms with Gasteiger partial charge in [0.05, 0.1) is 6.54 Å². The van der Waals surface area contributed by atoms with E-state index < -0.39 is 0 Å². The molecule has 0 bridgehead atoms. The molecule has 0 heterocycles. The summed E-state index contributed by atoms with van der Waals surface area (Å²) in [5.41, 5.74) is 0. The van der Waals surface area contributed by atoms with Crippen LogP contribution in [0.25, 0.3) is 0 Å². The molecule has 1 N–H and O–H groups in total. The second kappa shape index (κ2) is 6.89. The minimum Gasteiger partial charge on any atom is -0.342 e. The van der Waals surface area contributed by atoms with E-state index in [9.17, 15) is 4.79 Å². The maximum atomic E-state index is 11.9. The van der Waals surface area contributed by atoms with Crippen LogP contribution in [-0.4, -0.2) is 37.0 Å². The second-order valence-electron chi connectivity index (χ2n) is 5.11. The first-order valence-electron chi connectivity index (χ1n) is 6.61. The summed E-state index contributed by atoms with van der Waals surface area (Å²) in [6.45, 7) is 5.83. The number of likely N-dealkylation sites (N-methyl/N-ethyl adjacent to an activating group) is 1. The Balaban J connectivity index is 2.31. The highest BCUT2D eigenvalue weighted by atomic mass is 16.2. The molecule has 0 aliphatic heterocycles. The van der Waals surface area contributed by atoms with Gasteiger partial charge in [-0.3, -0.25) is 4.79 Å². The van der Waals surface area contributed by atoms with E-state index in [1.165, 1.54) is 25.7 Å². The summed E-state index contributed by atoms with van der Waals surface area (Å²) < 4.78 is 0. The van der Waals surface area contributed by atoms with Crippen LogP contribution in [-0.2, 0) is 4.79 Å². The summed E-state index contributed by atoms with van der Waals surface area (Å²) in [6.07, 6.45) is 6.03. The molecule has 1 aliphatic carbocycles. The summed E-state index contributed by atoms with van der Waals surface area (Å²) in [4.78, 5) is 13.8. The van der Waals surface area contributed by atoms with Gasteiger partial charge >= 0.3 is 0 Å². The van der Waals surface area contributed by atoms with E-state index in [4.69, 9.17) is 0 Å². The maximum Gasteiger partial charge on any atom is 0.236 e. The van der Waals surface area contributed by atoms with Crippen LogP contribution in [0, 0.1) is 5.92 Å². The van der Waals surface area contributed by atoms with Crippen molar-refractivity contribution in [1.29, 1.82) is 0 Å². The van der Waals surface area contributed by atoms with Gasteiger partial charge in [-0.15, -0.1) is 0 Å². The molecule has 3 heteroatoms. The molecule has 0 aromatic carbocycles. The maximum absolute atomic E-state index is 11.9. The number of nitrogens with one attached hydrogen (secondary N) is 1. The average Bonchev–Trinajstić information content (AvgIpc) is 2.28.